The van der Waals surface area contributed by atoms with Gasteiger partial charge in [-0.1, -0.05) is 17.3 Å². The summed E-state index contributed by atoms with van der Waals surface area (Å²) in [6, 6.07) is 9.44. The lowest BCUT2D eigenvalue weighted by Gasteiger charge is -2.08. The van der Waals surface area contributed by atoms with E-state index in [9.17, 15) is 25.0 Å². The van der Waals surface area contributed by atoms with Crippen molar-refractivity contribution in [2.24, 2.45) is 0 Å². The molecule has 3 aromatic rings. The van der Waals surface area contributed by atoms with Crippen molar-refractivity contribution in [3.63, 3.8) is 0 Å². The zero-order chi connectivity index (χ0) is 22.7. The Balaban J connectivity index is 1.86. The molecule has 1 heterocycles. The summed E-state index contributed by atoms with van der Waals surface area (Å²) < 4.78 is 10.8. The second-order valence-electron chi connectivity index (χ2n) is 6.78. The fourth-order valence-corrected chi connectivity index (χ4v) is 2.93. The maximum atomic E-state index is 12.7. The Morgan fingerprint density at radius 2 is 1.74 bits per heavy atom. The Morgan fingerprint density at radius 3 is 2.32 bits per heavy atom. The zero-order valence-electron chi connectivity index (χ0n) is 16.9. The van der Waals surface area contributed by atoms with Gasteiger partial charge in [-0.05, 0) is 38.5 Å². The van der Waals surface area contributed by atoms with Crippen molar-refractivity contribution >= 4 is 23.0 Å². The van der Waals surface area contributed by atoms with Crippen LogP contribution in [0, 0.1) is 41.0 Å². The highest BCUT2D eigenvalue weighted by molar-refractivity contribution is 6.04. The highest BCUT2D eigenvalue weighted by atomic mass is 16.6. The largest absolute Gasteiger partial charge is 0.489 e. The monoisotopic (exact) mass is 426 g/mol. The molecule has 1 aromatic heterocycles. The summed E-state index contributed by atoms with van der Waals surface area (Å²) in [4.78, 5) is 33.7. The minimum atomic E-state index is -0.751. The normalized spacial score (nSPS) is 10.5. The van der Waals surface area contributed by atoms with E-state index in [-0.39, 0.29) is 23.6 Å². The molecule has 0 aliphatic heterocycles. The number of amides is 1. The average Bonchev–Trinajstić information content (AvgIpc) is 3.07. The lowest BCUT2D eigenvalue weighted by molar-refractivity contribution is -0.395. The number of carbonyl (C=O) groups is 1. The third-order valence-corrected chi connectivity index (χ3v) is 4.58. The van der Waals surface area contributed by atoms with Crippen LogP contribution in [0.15, 0.2) is 40.9 Å². The summed E-state index contributed by atoms with van der Waals surface area (Å²) in [6.07, 6.45) is 0. The molecule has 0 aliphatic carbocycles. The number of ether oxygens (including phenoxy) is 1. The summed E-state index contributed by atoms with van der Waals surface area (Å²) in [5.74, 6) is 0.211. The predicted octanol–water partition coefficient (Wildman–Crippen LogP) is 4.25. The quantitative estimate of drug-likeness (QED) is 0.435. The molecule has 31 heavy (non-hydrogen) atoms. The van der Waals surface area contributed by atoms with E-state index in [0.717, 1.165) is 17.7 Å². The van der Waals surface area contributed by atoms with Gasteiger partial charge in [0.15, 0.2) is 5.69 Å². The predicted molar refractivity (Wildman–Crippen MR) is 109 cm³/mol. The van der Waals surface area contributed by atoms with E-state index in [1.54, 1.807) is 13.0 Å². The summed E-state index contributed by atoms with van der Waals surface area (Å²) >= 11 is 0. The summed E-state index contributed by atoms with van der Waals surface area (Å²) in [6.45, 7) is 4.79. The van der Waals surface area contributed by atoms with Crippen LogP contribution >= 0.6 is 0 Å². The number of nitrogens with one attached hydrogen (secondary N) is 1. The standard InChI is InChI=1S/C20H18N4O7/c1-11-5-4-6-15(7-11)30-10-16-13(3)31-22-19(16)20(25)21-14-8-17(23(26)27)12(2)18(9-14)24(28)29/h4-9H,10H2,1-3H3,(H,21,25). The van der Waals surface area contributed by atoms with Crippen molar-refractivity contribution in [2.45, 2.75) is 27.4 Å². The molecule has 1 N–H and O–H groups in total. The molecule has 11 nitrogen and oxygen atoms in total. The van der Waals surface area contributed by atoms with Crippen LogP contribution in [0.25, 0.3) is 0 Å². The molecule has 3 rings (SSSR count). The number of hydrogen-bond acceptors (Lipinski definition) is 8. The van der Waals surface area contributed by atoms with E-state index >= 15 is 0 Å². The molecule has 1 amide bonds. The highest BCUT2D eigenvalue weighted by Gasteiger charge is 2.26. The molecule has 160 valence electrons. The molecule has 2 aromatic carbocycles. The second kappa shape index (κ2) is 8.61. The summed E-state index contributed by atoms with van der Waals surface area (Å²) in [7, 11) is 0. The molecule has 0 radical (unpaired) electrons. The van der Waals surface area contributed by atoms with Gasteiger partial charge < -0.3 is 14.6 Å². The van der Waals surface area contributed by atoms with Gasteiger partial charge in [0, 0.05) is 12.1 Å². The van der Waals surface area contributed by atoms with Crippen LogP contribution in [0.3, 0.4) is 0 Å². The van der Waals surface area contributed by atoms with E-state index in [1.807, 2.05) is 25.1 Å². The number of carbonyl (C=O) groups excluding carboxylic acids is 1. The van der Waals surface area contributed by atoms with Crippen LogP contribution in [-0.4, -0.2) is 20.9 Å². The Morgan fingerprint density at radius 1 is 1.10 bits per heavy atom. The van der Waals surface area contributed by atoms with Crippen molar-refractivity contribution < 1.29 is 23.9 Å². The van der Waals surface area contributed by atoms with Gasteiger partial charge in [0.25, 0.3) is 17.3 Å². The molecule has 0 aliphatic rings. The second-order valence-corrected chi connectivity index (χ2v) is 6.78. The van der Waals surface area contributed by atoms with Gasteiger partial charge in [-0.15, -0.1) is 0 Å². The van der Waals surface area contributed by atoms with Crippen LogP contribution in [-0.2, 0) is 6.61 Å². The first-order chi connectivity index (χ1) is 14.7. The maximum Gasteiger partial charge on any atom is 0.281 e. The van der Waals surface area contributed by atoms with Gasteiger partial charge in [0.1, 0.15) is 23.7 Å². The van der Waals surface area contributed by atoms with E-state index < -0.39 is 27.1 Å². The van der Waals surface area contributed by atoms with Crippen molar-refractivity contribution in [1.29, 1.82) is 0 Å². The number of rotatable bonds is 7. The number of aryl methyl sites for hydroxylation is 2. The third-order valence-electron chi connectivity index (χ3n) is 4.58. The highest BCUT2D eigenvalue weighted by Crippen LogP contribution is 2.32. The Kier molecular flexibility index (Phi) is 5.95. The number of anilines is 1. The number of aromatic nitrogens is 1. The van der Waals surface area contributed by atoms with Gasteiger partial charge in [-0.25, -0.2) is 0 Å². The number of nitro groups is 2. The van der Waals surface area contributed by atoms with Crippen LogP contribution < -0.4 is 10.1 Å². The van der Waals surface area contributed by atoms with E-state index in [4.69, 9.17) is 9.26 Å². The Labute approximate surface area is 175 Å². The lowest BCUT2D eigenvalue weighted by Crippen LogP contribution is -2.16. The smallest absolute Gasteiger partial charge is 0.281 e. The third kappa shape index (κ3) is 4.66. The number of benzene rings is 2. The summed E-state index contributed by atoms with van der Waals surface area (Å²) in [5.41, 5.74) is 0.108. The van der Waals surface area contributed by atoms with Gasteiger partial charge >= 0.3 is 0 Å². The Hall–Kier alpha value is -4.28. The minimum absolute atomic E-state index is 0.00423. The molecule has 0 bridgehead atoms. The first-order valence-electron chi connectivity index (χ1n) is 9.06. The fourth-order valence-electron chi connectivity index (χ4n) is 2.93. The number of hydrogen-bond donors (Lipinski definition) is 1. The molecular formula is C20H18N4O7. The fraction of sp³-hybridized carbons (Fsp3) is 0.200. The van der Waals surface area contributed by atoms with Crippen LogP contribution in [0.4, 0.5) is 17.1 Å². The Bertz CT molecular complexity index is 1150. The van der Waals surface area contributed by atoms with E-state index in [2.05, 4.69) is 10.5 Å². The number of nitro benzene ring substituents is 2. The minimum Gasteiger partial charge on any atom is -0.489 e. The SMILES string of the molecule is Cc1cccc(OCc2c(C(=O)Nc3cc([N+](=O)[O-])c(C)c([N+](=O)[O-])c3)noc2C)c1. The number of nitrogens with zero attached hydrogens (tertiary/aromatic N) is 3. The van der Waals surface area contributed by atoms with Crippen LogP contribution in [0.5, 0.6) is 5.75 Å². The molecule has 0 spiro atoms. The van der Waals surface area contributed by atoms with Crippen LogP contribution in [0.2, 0.25) is 0 Å². The zero-order valence-corrected chi connectivity index (χ0v) is 16.9. The molecule has 0 unspecified atom stereocenters. The van der Waals surface area contributed by atoms with Gasteiger partial charge in [0.2, 0.25) is 0 Å². The summed E-state index contributed by atoms with van der Waals surface area (Å²) in [5, 5.41) is 28.6. The van der Waals surface area contributed by atoms with E-state index in [1.165, 1.54) is 6.92 Å². The van der Waals surface area contributed by atoms with Crippen molar-refractivity contribution in [2.75, 3.05) is 5.32 Å². The van der Waals surface area contributed by atoms with E-state index in [0.29, 0.717) is 17.1 Å². The van der Waals surface area contributed by atoms with Gasteiger partial charge in [-0.3, -0.25) is 25.0 Å². The van der Waals surface area contributed by atoms with Crippen LogP contribution in [0.1, 0.15) is 32.9 Å². The first-order valence-corrected chi connectivity index (χ1v) is 9.06. The molecular weight excluding hydrogens is 408 g/mol. The van der Waals surface area contributed by atoms with Crippen molar-refractivity contribution in [3.8, 4) is 5.75 Å². The molecule has 0 saturated carbocycles. The van der Waals surface area contributed by atoms with Gasteiger partial charge in [-0.2, -0.15) is 0 Å². The topological polar surface area (TPSA) is 151 Å². The first kappa shape index (κ1) is 21.4. The molecule has 11 heteroatoms. The average molecular weight is 426 g/mol. The molecule has 0 saturated heterocycles. The molecule has 0 atom stereocenters. The van der Waals surface area contributed by atoms with Gasteiger partial charge in [0.05, 0.1) is 21.1 Å². The van der Waals surface area contributed by atoms with Crippen molar-refractivity contribution in [1.82, 2.24) is 5.16 Å². The maximum absolute atomic E-state index is 12.7. The molecule has 0 fully saturated rings. The lowest BCUT2D eigenvalue weighted by atomic mass is 10.1. The van der Waals surface area contributed by atoms with Crippen molar-refractivity contribution in [3.05, 3.63) is 84.8 Å².